The van der Waals surface area contributed by atoms with Gasteiger partial charge in [-0.1, -0.05) is 13.8 Å². The van der Waals surface area contributed by atoms with Gasteiger partial charge in [0.2, 0.25) is 11.8 Å². The summed E-state index contributed by atoms with van der Waals surface area (Å²) < 4.78 is 0.561. The topological polar surface area (TPSA) is 95.5 Å². The molecule has 1 atom stereocenters. The highest BCUT2D eigenvalue weighted by Crippen LogP contribution is 2.24. The molecule has 0 aliphatic carbocycles. The fourth-order valence-corrected chi connectivity index (χ4v) is 2.06. The van der Waals surface area contributed by atoms with Crippen molar-refractivity contribution in [3.8, 4) is 0 Å². The number of benzene rings is 1. The first-order valence-electron chi connectivity index (χ1n) is 6.33. The van der Waals surface area contributed by atoms with Gasteiger partial charge in [-0.25, -0.2) is 4.79 Å². The van der Waals surface area contributed by atoms with E-state index in [1.54, 1.807) is 6.07 Å². The van der Waals surface area contributed by atoms with Crippen molar-refractivity contribution in [1.82, 2.24) is 5.32 Å². The molecule has 1 aromatic rings. The van der Waals surface area contributed by atoms with E-state index in [-0.39, 0.29) is 17.4 Å². The third kappa shape index (κ3) is 4.86. The van der Waals surface area contributed by atoms with Gasteiger partial charge in [-0.2, -0.15) is 0 Å². The van der Waals surface area contributed by atoms with Crippen LogP contribution >= 0.6 is 15.9 Å². The third-order valence-electron chi connectivity index (χ3n) is 2.78. The third-order valence-corrected chi connectivity index (χ3v) is 3.47. The molecule has 0 aliphatic rings. The van der Waals surface area contributed by atoms with E-state index in [4.69, 9.17) is 5.11 Å². The molecule has 0 spiro atoms. The maximum absolute atomic E-state index is 12.2. The molecule has 0 saturated heterocycles. The minimum Gasteiger partial charge on any atom is -0.478 e. The highest BCUT2D eigenvalue weighted by Gasteiger charge is 2.23. The Labute approximate surface area is 131 Å². The number of carboxylic acids is 1. The Bertz CT molecular complexity index is 572. The van der Waals surface area contributed by atoms with E-state index >= 15 is 0 Å². The molecule has 3 N–H and O–H groups in total. The first-order valence-corrected chi connectivity index (χ1v) is 7.12. The molecular formula is C14H17BrN2O4. The molecule has 1 rings (SSSR count). The molecule has 7 heteroatoms. The lowest BCUT2D eigenvalue weighted by Crippen LogP contribution is -2.46. The summed E-state index contributed by atoms with van der Waals surface area (Å²) in [7, 11) is 0. The van der Waals surface area contributed by atoms with Crippen LogP contribution in [0, 0.1) is 5.92 Å². The highest BCUT2D eigenvalue weighted by molar-refractivity contribution is 9.10. The second kappa shape index (κ2) is 7.21. The van der Waals surface area contributed by atoms with Crippen LogP contribution in [0.1, 0.15) is 31.1 Å². The standard InChI is InChI=1S/C14H17BrN2O4/c1-7(2)12(16-8(3)18)13(19)17-11-6-9(14(20)21)4-5-10(11)15/h4-7,12H,1-3H3,(H,16,18)(H,17,19)(H,20,21). The minimum atomic E-state index is -1.08. The van der Waals surface area contributed by atoms with Crippen molar-refractivity contribution >= 4 is 39.4 Å². The summed E-state index contributed by atoms with van der Waals surface area (Å²) in [5.74, 6) is -1.89. The first kappa shape index (κ1) is 17.2. The molecule has 6 nitrogen and oxygen atoms in total. The molecule has 1 aromatic carbocycles. The number of hydrogen-bond acceptors (Lipinski definition) is 3. The van der Waals surface area contributed by atoms with Crippen molar-refractivity contribution in [1.29, 1.82) is 0 Å². The molecule has 0 bridgehead atoms. The zero-order valence-electron chi connectivity index (χ0n) is 11.9. The molecule has 0 heterocycles. The van der Waals surface area contributed by atoms with Crippen LogP contribution in [-0.4, -0.2) is 28.9 Å². The zero-order chi connectivity index (χ0) is 16.2. The summed E-state index contributed by atoms with van der Waals surface area (Å²) in [6.45, 7) is 4.95. The van der Waals surface area contributed by atoms with Crippen molar-refractivity contribution < 1.29 is 19.5 Å². The summed E-state index contributed by atoms with van der Waals surface area (Å²) in [5, 5.41) is 14.2. The molecule has 0 aromatic heterocycles. The van der Waals surface area contributed by atoms with E-state index < -0.39 is 17.9 Å². The van der Waals surface area contributed by atoms with Gasteiger partial charge >= 0.3 is 5.97 Å². The maximum atomic E-state index is 12.2. The quantitative estimate of drug-likeness (QED) is 0.753. The number of nitrogens with one attached hydrogen (secondary N) is 2. The number of halogens is 1. The summed E-state index contributed by atoms with van der Waals surface area (Å²) in [6, 6.07) is 3.63. The fraction of sp³-hybridized carbons (Fsp3) is 0.357. The van der Waals surface area contributed by atoms with Crippen LogP contribution in [0.3, 0.4) is 0 Å². The van der Waals surface area contributed by atoms with Crippen LogP contribution in [-0.2, 0) is 9.59 Å². The van der Waals surface area contributed by atoms with Crippen molar-refractivity contribution in [2.75, 3.05) is 5.32 Å². The Morgan fingerprint density at radius 1 is 1.24 bits per heavy atom. The number of carboxylic acid groups (broad SMARTS) is 1. The van der Waals surface area contributed by atoms with Crippen molar-refractivity contribution in [2.24, 2.45) is 5.92 Å². The Balaban J connectivity index is 2.97. The number of amides is 2. The highest BCUT2D eigenvalue weighted by atomic mass is 79.9. The van der Waals surface area contributed by atoms with Gasteiger partial charge in [0.05, 0.1) is 11.3 Å². The second-order valence-corrected chi connectivity index (χ2v) is 5.77. The zero-order valence-corrected chi connectivity index (χ0v) is 13.5. The Hall–Kier alpha value is -1.89. The molecule has 0 aliphatic heterocycles. The van der Waals surface area contributed by atoms with Crippen molar-refractivity contribution in [2.45, 2.75) is 26.8 Å². The van der Waals surface area contributed by atoms with E-state index in [2.05, 4.69) is 26.6 Å². The fourth-order valence-electron chi connectivity index (χ4n) is 1.72. The Morgan fingerprint density at radius 3 is 2.33 bits per heavy atom. The van der Waals surface area contributed by atoms with Gasteiger partial charge in [0, 0.05) is 11.4 Å². The van der Waals surface area contributed by atoms with Gasteiger partial charge in [0.1, 0.15) is 6.04 Å². The number of aromatic carboxylic acids is 1. The molecule has 2 amide bonds. The lowest BCUT2D eigenvalue weighted by atomic mass is 10.0. The van der Waals surface area contributed by atoms with Gasteiger partial charge in [-0.15, -0.1) is 0 Å². The number of anilines is 1. The van der Waals surface area contributed by atoms with Crippen LogP contribution in [0.2, 0.25) is 0 Å². The van der Waals surface area contributed by atoms with Gasteiger partial charge in [0.15, 0.2) is 0 Å². The molecule has 1 unspecified atom stereocenters. The number of carbonyl (C=O) groups excluding carboxylic acids is 2. The summed E-state index contributed by atoms with van der Waals surface area (Å²) in [4.78, 5) is 34.3. The monoisotopic (exact) mass is 356 g/mol. The first-order chi connectivity index (χ1) is 9.72. The summed E-state index contributed by atoms with van der Waals surface area (Å²) in [5.41, 5.74) is 0.407. The Morgan fingerprint density at radius 2 is 1.86 bits per heavy atom. The number of hydrogen-bond donors (Lipinski definition) is 3. The minimum absolute atomic E-state index is 0.0640. The number of carbonyl (C=O) groups is 3. The predicted molar refractivity (Wildman–Crippen MR) is 82.2 cm³/mol. The molecule has 114 valence electrons. The lowest BCUT2D eigenvalue weighted by Gasteiger charge is -2.21. The lowest BCUT2D eigenvalue weighted by molar-refractivity contribution is -0.126. The largest absolute Gasteiger partial charge is 0.478 e. The SMILES string of the molecule is CC(=O)NC(C(=O)Nc1cc(C(=O)O)ccc1Br)C(C)C. The van der Waals surface area contributed by atoms with Crippen LogP contribution < -0.4 is 10.6 Å². The average molecular weight is 357 g/mol. The Kier molecular flexibility index (Phi) is 5.90. The van der Waals surface area contributed by atoms with Crippen LogP contribution in [0.15, 0.2) is 22.7 Å². The molecule has 0 radical (unpaired) electrons. The van der Waals surface area contributed by atoms with E-state index in [1.165, 1.54) is 19.1 Å². The van der Waals surface area contributed by atoms with E-state index in [9.17, 15) is 14.4 Å². The van der Waals surface area contributed by atoms with Gasteiger partial charge in [-0.3, -0.25) is 9.59 Å². The average Bonchev–Trinajstić information content (AvgIpc) is 2.37. The molecular weight excluding hydrogens is 340 g/mol. The molecule has 21 heavy (non-hydrogen) atoms. The second-order valence-electron chi connectivity index (χ2n) is 4.91. The molecule has 0 fully saturated rings. The van der Waals surface area contributed by atoms with Crippen molar-refractivity contribution in [3.63, 3.8) is 0 Å². The van der Waals surface area contributed by atoms with E-state index in [1.807, 2.05) is 13.8 Å². The van der Waals surface area contributed by atoms with Gasteiger partial charge in [-0.05, 0) is 40.0 Å². The molecule has 0 saturated carbocycles. The van der Waals surface area contributed by atoms with Crippen LogP contribution in [0.5, 0.6) is 0 Å². The van der Waals surface area contributed by atoms with Gasteiger partial charge < -0.3 is 15.7 Å². The summed E-state index contributed by atoms with van der Waals surface area (Å²) >= 11 is 3.25. The van der Waals surface area contributed by atoms with Crippen LogP contribution in [0.4, 0.5) is 5.69 Å². The number of rotatable bonds is 5. The van der Waals surface area contributed by atoms with Gasteiger partial charge in [0.25, 0.3) is 0 Å². The normalized spacial score (nSPS) is 11.9. The summed E-state index contributed by atoms with van der Waals surface area (Å²) in [6.07, 6.45) is 0. The smallest absolute Gasteiger partial charge is 0.335 e. The van der Waals surface area contributed by atoms with Crippen molar-refractivity contribution in [3.05, 3.63) is 28.2 Å². The predicted octanol–water partition coefficient (Wildman–Crippen LogP) is 2.25. The van der Waals surface area contributed by atoms with E-state index in [0.717, 1.165) is 0 Å². The van der Waals surface area contributed by atoms with Crippen LogP contribution in [0.25, 0.3) is 0 Å². The maximum Gasteiger partial charge on any atom is 0.335 e. The van der Waals surface area contributed by atoms with E-state index in [0.29, 0.717) is 10.2 Å².